The van der Waals surface area contributed by atoms with Gasteiger partial charge in [-0.2, -0.15) is 16.3 Å². The first kappa shape index (κ1) is 19.0. The van der Waals surface area contributed by atoms with E-state index in [9.17, 15) is 13.2 Å². The Labute approximate surface area is 156 Å². The number of likely N-dealkylation sites (tertiary alicyclic amines) is 1. The van der Waals surface area contributed by atoms with Gasteiger partial charge in [-0.15, -0.1) is 0 Å². The van der Waals surface area contributed by atoms with Crippen molar-refractivity contribution in [3.63, 3.8) is 0 Å². The zero-order valence-electron chi connectivity index (χ0n) is 14.6. The highest BCUT2D eigenvalue weighted by atomic mass is 32.2. The topological polar surface area (TPSA) is 105 Å². The van der Waals surface area contributed by atoms with Gasteiger partial charge < -0.3 is 9.42 Å². The Kier molecular flexibility index (Phi) is 6.05. The summed E-state index contributed by atoms with van der Waals surface area (Å²) in [5.41, 5.74) is 0.901. The van der Waals surface area contributed by atoms with E-state index >= 15 is 0 Å². The molecular formula is C16H22N4O4S2. The van der Waals surface area contributed by atoms with Crippen LogP contribution in [0.1, 0.15) is 32.1 Å². The number of sulfonamides is 1. The smallest absolute Gasteiger partial charge is 0.227 e. The maximum Gasteiger partial charge on any atom is 0.227 e. The number of piperidine rings is 1. The molecule has 3 rings (SSSR count). The van der Waals surface area contributed by atoms with Crippen molar-refractivity contribution in [1.82, 2.24) is 19.8 Å². The molecule has 1 amide bonds. The SMILES string of the molecule is CCS(=O)(=O)N[C@@H]1CCCN(C(=O)CCc2nc(-c3ccsc3)no2)C1. The summed E-state index contributed by atoms with van der Waals surface area (Å²) < 4.78 is 31.3. The van der Waals surface area contributed by atoms with Crippen molar-refractivity contribution >= 4 is 27.3 Å². The van der Waals surface area contributed by atoms with E-state index in [1.807, 2.05) is 16.8 Å². The van der Waals surface area contributed by atoms with Crippen molar-refractivity contribution < 1.29 is 17.7 Å². The lowest BCUT2D eigenvalue weighted by molar-refractivity contribution is -0.132. The first-order valence-electron chi connectivity index (χ1n) is 8.60. The number of nitrogens with zero attached hydrogens (tertiary/aromatic N) is 3. The minimum absolute atomic E-state index is 0.0271. The molecule has 0 spiro atoms. The minimum atomic E-state index is -3.26. The molecule has 1 fully saturated rings. The highest BCUT2D eigenvalue weighted by molar-refractivity contribution is 7.89. The Bertz CT molecular complexity index is 832. The van der Waals surface area contributed by atoms with E-state index in [1.165, 1.54) is 0 Å². The molecular weight excluding hydrogens is 376 g/mol. The van der Waals surface area contributed by atoms with Crippen LogP contribution in [0.15, 0.2) is 21.3 Å². The van der Waals surface area contributed by atoms with Crippen LogP contribution in [0.25, 0.3) is 11.4 Å². The van der Waals surface area contributed by atoms with E-state index < -0.39 is 10.0 Å². The van der Waals surface area contributed by atoms with E-state index in [0.717, 1.165) is 18.4 Å². The fourth-order valence-electron chi connectivity index (χ4n) is 2.87. The monoisotopic (exact) mass is 398 g/mol. The third-order valence-corrected chi connectivity index (χ3v) is 6.44. The van der Waals surface area contributed by atoms with Crippen molar-refractivity contribution in [2.45, 2.75) is 38.6 Å². The average Bonchev–Trinajstić information content (AvgIpc) is 3.31. The molecule has 1 saturated heterocycles. The predicted molar refractivity (Wildman–Crippen MR) is 98.1 cm³/mol. The normalized spacial score (nSPS) is 18.2. The summed E-state index contributed by atoms with van der Waals surface area (Å²) in [5, 5.41) is 7.80. The molecule has 0 bridgehead atoms. The van der Waals surface area contributed by atoms with Crippen LogP contribution >= 0.6 is 11.3 Å². The molecule has 8 nitrogen and oxygen atoms in total. The van der Waals surface area contributed by atoms with Crippen molar-refractivity contribution in [3.05, 3.63) is 22.7 Å². The van der Waals surface area contributed by atoms with E-state index in [1.54, 1.807) is 23.2 Å². The van der Waals surface area contributed by atoms with Gasteiger partial charge in [-0.3, -0.25) is 4.79 Å². The second kappa shape index (κ2) is 8.28. The average molecular weight is 399 g/mol. The van der Waals surface area contributed by atoms with E-state index in [2.05, 4.69) is 14.9 Å². The van der Waals surface area contributed by atoms with Gasteiger partial charge in [0.15, 0.2) is 0 Å². The van der Waals surface area contributed by atoms with Gasteiger partial charge in [-0.05, 0) is 31.2 Å². The zero-order chi connectivity index (χ0) is 18.6. The molecule has 0 radical (unpaired) electrons. The summed E-state index contributed by atoms with van der Waals surface area (Å²) in [7, 11) is -3.26. The highest BCUT2D eigenvalue weighted by Crippen LogP contribution is 2.19. The summed E-state index contributed by atoms with van der Waals surface area (Å²) in [6.45, 7) is 2.65. The summed E-state index contributed by atoms with van der Waals surface area (Å²) in [6, 6.07) is 1.70. The summed E-state index contributed by atoms with van der Waals surface area (Å²) in [4.78, 5) is 18.5. The summed E-state index contributed by atoms with van der Waals surface area (Å²) >= 11 is 1.56. The second-order valence-electron chi connectivity index (χ2n) is 6.22. The summed E-state index contributed by atoms with van der Waals surface area (Å²) in [6.07, 6.45) is 2.17. The molecule has 0 saturated carbocycles. The van der Waals surface area contributed by atoms with Crippen LogP contribution in [0.3, 0.4) is 0 Å². The minimum Gasteiger partial charge on any atom is -0.341 e. The lowest BCUT2D eigenvalue weighted by Gasteiger charge is -2.33. The number of aromatic nitrogens is 2. The maximum atomic E-state index is 12.4. The van der Waals surface area contributed by atoms with Gasteiger partial charge in [0.05, 0.1) is 5.75 Å². The van der Waals surface area contributed by atoms with Crippen LogP contribution in [0.2, 0.25) is 0 Å². The maximum absolute atomic E-state index is 12.4. The molecule has 10 heteroatoms. The lowest BCUT2D eigenvalue weighted by Crippen LogP contribution is -2.49. The van der Waals surface area contributed by atoms with Gasteiger partial charge in [0, 0.05) is 42.9 Å². The number of aryl methyl sites for hydroxylation is 1. The summed E-state index contributed by atoms with van der Waals surface area (Å²) in [5.74, 6) is 0.974. The fourth-order valence-corrected chi connectivity index (χ4v) is 4.38. The first-order chi connectivity index (χ1) is 12.5. The number of hydrogen-bond donors (Lipinski definition) is 1. The molecule has 3 heterocycles. The number of amides is 1. The molecule has 0 unspecified atom stereocenters. The van der Waals surface area contributed by atoms with Crippen LogP contribution in [0, 0.1) is 0 Å². The number of carbonyl (C=O) groups excluding carboxylic acids is 1. The number of rotatable bonds is 7. The molecule has 1 atom stereocenters. The Hall–Kier alpha value is -1.78. The number of thiophene rings is 1. The molecule has 0 aliphatic carbocycles. The van der Waals surface area contributed by atoms with E-state index in [4.69, 9.17) is 4.52 Å². The molecule has 1 aliphatic rings. The van der Waals surface area contributed by atoms with Gasteiger partial charge in [0.1, 0.15) is 0 Å². The Morgan fingerprint density at radius 2 is 2.35 bits per heavy atom. The van der Waals surface area contributed by atoms with Crippen LogP contribution in [0.5, 0.6) is 0 Å². The third kappa shape index (κ3) is 4.89. The standard InChI is InChI=1S/C16H22N4O4S2/c1-2-26(22,23)19-13-4-3-8-20(10-13)15(21)6-5-14-17-16(18-24-14)12-7-9-25-11-12/h7,9,11,13,19H,2-6,8,10H2,1H3/t13-/m1/s1. The van der Waals surface area contributed by atoms with Crippen molar-refractivity contribution in [2.24, 2.45) is 0 Å². The molecule has 0 aromatic carbocycles. The Morgan fingerprint density at radius 1 is 1.50 bits per heavy atom. The molecule has 1 aliphatic heterocycles. The van der Waals surface area contributed by atoms with Gasteiger partial charge in [-0.25, -0.2) is 13.1 Å². The Balaban J connectivity index is 1.51. The van der Waals surface area contributed by atoms with Gasteiger partial charge in [0.2, 0.25) is 27.6 Å². The largest absolute Gasteiger partial charge is 0.341 e. The van der Waals surface area contributed by atoms with Crippen LogP contribution in [0.4, 0.5) is 0 Å². The van der Waals surface area contributed by atoms with Gasteiger partial charge >= 0.3 is 0 Å². The number of nitrogens with one attached hydrogen (secondary N) is 1. The second-order valence-corrected chi connectivity index (χ2v) is 9.05. The van der Waals surface area contributed by atoms with Crippen molar-refractivity contribution in [3.8, 4) is 11.4 Å². The number of carbonyl (C=O) groups is 1. The number of hydrogen-bond acceptors (Lipinski definition) is 7. The quantitative estimate of drug-likeness (QED) is 0.760. The van der Waals surface area contributed by atoms with Crippen LogP contribution < -0.4 is 4.72 Å². The predicted octanol–water partition coefficient (Wildman–Crippen LogP) is 1.66. The Morgan fingerprint density at radius 3 is 3.08 bits per heavy atom. The van der Waals surface area contributed by atoms with E-state index in [-0.39, 0.29) is 24.1 Å². The van der Waals surface area contributed by atoms with E-state index in [0.29, 0.717) is 31.2 Å². The molecule has 2 aromatic heterocycles. The molecule has 2 aromatic rings. The third-order valence-electron chi connectivity index (χ3n) is 4.30. The highest BCUT2D eigenvalue weighted by Gasteiger charge is 2.26. The van der Waals surface area contributed by atoms with Gasteiger partial charge in [0.25, 0.3) is 0 Å². The van der Waals surface area contributed by atoms with Crippen molar-refractivity contribution in [1.29, 1.82) is 0 Å². The fraction of sp³-hybridized carbons (Fsp3) is 0.562. The zero-order valence-corrected chi connectivity index (χ0v) is 16.2. The molecule has 1 N–H and O–H groups in total. The van der Waals surface area contributed by atoms with Crippen LogP contribution in [-0.4, -0.2) is 54.2 Å². The molecule has 26 heavy (non-hydrogen) atoms. The van der Waals surface area contributed by atoms with Gasteiger partial charge in [-0.1, -0.05) is 5.16 Å². The molecule has 142 valence electrons. The van der Waals surface area contributed by atoms with Crippen molar-refractivity contribution in [2.75, 3.05) is 18.8 Å². The first-order valence-corrected chi connectivity index (χ1v) is 11.2. The van der Waals surface area contributed by atoms with Crippen LogP contribution in [-0.2, 0) is 21.2 Å². The lowest BCUT2D eigenvalue weighted by atomic mass is 10.1.